The molecule has 0 saturated heterocycles. The lowest BCUT2D eigenvalue weighted by atomic mass is 9.77. The van der Waals surface area contributed by atoms with Gasteiger partial charge in [-0.2, -0.15) is 23.3 Å². The molecule has 2 aliphatic rings. The van der Waals surface area contributed by atoms with Crippen LogP contribution in [0, 0.1) is 5.92 Å². The number of pyridine rings is 1. The van der Waals surface area contributed by atoms with Crippen LogP contribution in [0.15, 0.2) is 59.1 Å². The van der Waals surface area contributed by atoms with Crippen LogP contribution in [0.4, 0.5) is 18.3 Å². The first kappa shape index (κ1) is 18.3. The zero-order chi connectivity index (χ0) is 20.2. The lowest BCUT2D eigenvalue weighted by Crippen LogP contribution is -2.60. The maximum atomic E-state index is 14.2. The average molecular weight is 416 g/mol. The fraction of sp³-hybridized carbons (Fsp3) is 0.250. The highest BCUT2D eigenvalue weighted by Gasteiger charge is 2.68. The molecular weight excluding hydrogens is 401 g/mol. The summed E-state index contributed by atoms with van der Waals surface area (Å²) < 4.78 is 42.5. The Morgan fingerprint density at radius 1 is 1.10 bits per heavy atom. The Morgan fingerprint density at radius 3 is 2.66 bits per heavy atom. The molecule has 1 aliphatic carbocycles. The van der Waals surface area contributed by atoms with Crippen molar-refractivity contribution in [1.82, 2.24) is 9.97 Å². The number of hydrogen-bond donors (Lipinski definition) is 1. The summed E-state index contributed by atoms with van der Waals surface area (Å²) in [5.41, 5.74) is -0.334. The van der Waals surface area contributed by atoms with Crippen molar-refractivity contribution in [2.24, 2.45) is 11.0 Å². The van der Waals surface area contributed by atoms with Crippen LogP contribution >= 0.6 is 11.3 Å². The van der Waals surface area contributed by atoms with Gasteiger partial charge in [-0.15, -0.1) is 11.3 Å². The van der Waals surface area contributed by atoms with Gasteiger partial charge in [0.25, 0.3) is 5.72 Å². The first-order valence-corrected chi connectivity index (χ1v) is 9.90. The molecule has 1 aromatic carbocycles. The lowest BCUT2D eigenvalue weighted by Gasteiger charge is -2.38. The van der Waals surface area contributed by atoms with E-state index in [2.05, 4.69) is 15.1 Å². The molecule has 3 aromatic rings. The predicted octanol–water partition coefficient (Wildman–Crippen LogP) is 4.24. The Balaban J connectivity index is 1.63. The Kier molecular flexibility index (Phi) is 4.01. The number of halogens is 3. The number of aryl methyl sites for hydroxylation is 1. The third-order valence-electron chi connectivity index (χ3n) is 5.36. The van der Waals surface area contributed by atoms with Gasteiger partial charge in [0.05, 0.1) is 17.3 Å². The first-order chi connectivity index (χ1) is 13.9. The molecule has 0 unspecified atom stereocenters. The van der Waals surface area contributed by atoms with Crippen molar-refractivity contribution in [2.75, 3.05) is 5.01 Å². The van der Waals surface area contributed by atoms with E-state index in [1.807, 2.05) is 12.1 Å². The summed E-state index contributed by atoms with van der Waals surface area (Å²) in [4.78, 5) is 8.48. The quantitative estimate of drug-likeness (QED) is 0.679. The van der Waals surface area contributed by atoms with E-state index in [1.165, 1.54) is 0 Å². The summed E-state index contributed by atoms with van der Waals surface area (Å²) >= 11 is 0.995. The largest absolute Gasteiger partial charge is 0.439 e. The fourth-order valence-electron chi connectivity index (χ4n) is 3.96. The summed E-state index contributed by atoms with van der Waals surface area (Å²) in [6.07, 6.45) is -2.72. The Hall–Kier alpha value is -2.78. The molecule has 2 aromatic heterocycles. The molecule has 0 amide bonds. The number of rotatable bonds is 2. The molecule has 9 heteroatoms. The highest BCUT2D eigenvalue weighted by molar-refractivity contribution is 7.14. The van der Waals surface area contributed by atoms with Gasteiger partial charge in [-0.3, -0.25) is 4.98 Å². The van der Waals surface area contributed by atoms with E-state index in [1.54, 1.807) is 41.9 Å². The van der Waals surface area contributed by atoms with Gasteiger partial charge in [0, 0.05) is 17.1 Å². The molecule has 1 aliphatic heterocycles. The van der Waals surface area contributed by atoms with Crippen LogP contribution in [0.25, 0.3) is 11.4 Å². The lowest BCUT2D eigenvalue weighted by molar-refractivity contribution is -0.268. The van der Waals surface area contributed by atoms with Crippen molar-refractivity contribution in [3.8, 4) is 11.4 Å². The van der Waals surface area contributed by atoms with Crippen molar-refractivity contribution in [3.05, 3.63) is 65.2 Å². The summed E-state index contributed by atoms with van der Waals surface area (Å²) in [6, 6.07) is 12.5. The van der Waals surface area contributed by atoms with Gasteiger partial charge in [0.15, 0.2) is 0 Å². The summed E-state index contributed by atoms with van der Waals surface area (Å²) in [6.45, 7) is 0. The van der Waals surface area contributed by atoms with Gasteiger partial charge in [-0.25, -0.2) is 4.98 Å². The zero-order valence-electron chi connectivity index (χ0n) is 15.0. The molecule has 148 valence electrons. The van der Waals surface area contributed by atoms with E-state index in [0.717, 1.165) is 16.9 Å². The smallest absolute Gasteiger partial charge is 0.362 e. The maximum Gasteiger partial charge on any atom is 0.439 e. The van der Waals surface area contributed by atoms with Crippen LogP contribution in [0.2, 0.25) is 0 Å². The monoisotopic (exact) mass is 416 g/mol. The van der Waals surface area contributed by atoms with Crippen LogP contribution in [0.3, 0.4) is 0 Å². The minimum Gasteiger partial charge on any atom is -0.362 e. The van der Waals surface area contributed by atoms with E-state index in [0.29, 0.717) is 28.4 Å². The van der Waals surface area contributed by atoms with E-state index < -0.39 is 17.8 Å². The molecule has 3 heterocycles. The van der Waals surface area contributed by atoms with E-state index in [-0.39, 0.29) is 17.3 Å². The van der Waals surface area contributed by atoms with Crippen LogP contribution < -0.4 is 5.01 Å². The summed E-state index contributed by atoms with van der Waals surface area (Å²) in [5.74, 6) is -1.18. The number of aromatic nitrogens is 2. The summed E-state index contributed by atoms with van der Waals surface area (Å²) in [5, 5.41) is 17.5. The van der Waals surface area contributed by atoms with E-state index in [4.69, 9.17) is 0 Å². The Morgan fingerprint density at radius 2 is 1.90 bits per heavy atom. The SMILES string of the molecule is O[C@@]1(C(F)(F)F)[C@@H]2CCc3ccccc3C2=NN1c1nc(-c2ccccn2)cs1. The van der Waals surface area contributed by atoms with Crippen LogP contribution in [0.1, 0.15) is 17.5 Å². The molecule has 0 spiro atoms. The predicted molar refractivity (Wildman–Crippen MR) is 104 cm³/mol. The number of benzene rings is 1. The molecule has 2 atom stereocenters. The number of hydrogen-bond acceptors (Lipinski definition) is 6. The van der Waals surface area contributed by atoms with Gasteiger partial charge in [0.2, 0.25) is 5.13 Å². The van der Waals surface area contributed by atoms with Crippen LogP contribution in [0.5, 0.6) is 0 Å². The zero-order valence-corrected chi connectivity index (χ0v) is 15.8. The molecular formula is C20H15F3N4OS. The number of anilines is 1. The van der Waals surface area contributed by atoms with Gasteiger partial charge in [-0.05, 0) is 30.5 Å². The third kappa shape index (κ3) is 2.68. The molecule has 1 N–H and O–H groups in total. The number of aliphatic hydroxyl groups is 1. The molecule has 5 rings (SSSR count). The maximum absolute atomic E-state index is 14.2. The molecule has 0 radical (unpaired) electrons. The number of hydrazone groups is 1. The van der Waals surface area contributed by atoms with Crippen molar-refractivity contribution in [1.29, 1.82) is 0 Å². The van der Waals surface area contributed by atoms with Gasteiger partial charge in [0.1, 0.15) is 5.69 Å². The fourth-order valence-corrected chi connectivity index (χ4v) is 4.78. The van der Waals surface area contributed by atoms with E-state index in [9.17, 15) is 18.3 Å². The minimum absolute atomic E-state index is 0.0233. The first-order valence-electron chi connectivity index (χ1n) is 9.02. The normalized spacial score (nSPS) is 23.5. The van der Waals surface area contributed by atoms with E-state index >= 15 is 0 Å². The van der Waals surface area contributed by atoms with Crippen molar-refractivity contribution >= 4 is 22.2 Å². The van der Waals surface area contributed by atoms with Gasteiger partial charge >= 0.3 is 6.18 Å². The Labute approximate surface area is 168 Å². The highest BCUT2D eigenvalue weighted by atomic mass is 32.1. The minimum atomic E-state index is -4.91. The highest BCUT2D eigenvalue weighted by Crippen LogP contribution is 2.50. The Bertz CT molecular complexity index is 1100. The number of fused-ring (bicyclic) bond motifs is 3. The third-order valence-corrected chi connectivity index (χ3v) is 6.18. The van der Waals surface area contributed by atoms with Crippen LogP contribution in [-0.2, 0) is 6.42 Å². The number of thiazole rings is 1. The molecule has 0 bridgehead atoms. The average Bonchev–Trinajstić information content (AvgIpc) is 3.32. The van der Waals surface area contributed by atoms with Crippen molar-refractivity contribution in [3.63, 3.8) is 0 Å². The van der Waals surface area contributed by atoms with Crippen molar-refractivity contribution in [2.45, 2.75) is 24.7 Å². The molecule has 0 fully saturated rings. The van der Waals surface area contributed by atoms with Gasteiger partial charge < -0.3 is 5.11 Å². The molecule has 0 saturated carbocycles. The second-order valence-corrected chi connectivity index (χ2v) is 7.84. The van der Waals surface area contributed by atoms with Crippen molar-refractivity contribution < 1.29 is 18.3 Å². The second-order valence-electron chi connectivity index (χ2n) is 7.00. The van der Waals surface area contributed by atoms with Gasteiger partial charge in [-0.1, -0.05) is 30.3 Å². The molecule has 29 heavy (non-hydrogen) atoms. The standard InChI is InChI=1S/C20H15F3N4OS/c21-20(22,23)19(28)14-9-8-12-5-1-2-6-13(12)17(14)26-27(19)18-25-16(11-29-18)15-7-3-4-10-24-15/h1-7,10-11,14,28H,8-9H2/t14-,19-/m1/s1. The van der Waals surface area contributed by atoms with Crippen LogP contribution in [-0.4, -0.2) is 32.7 Å². The molecule has 5 nitrogen and oxygen atoms in total. The second kappa shape index (κ2) is 6.36. The number of alkyl halides is 3. The topological polar surface area (TPSA) is 61.6 Å². The number of nitrogens with zero attached hydrogens (tertiary/aromatic N) is 4. The summed E-state index contributed by atoms with van der Waals surface area (Å²) in [7, 11) is 0.